The molecule has 2 aromatic rings. The quantitative estimate of drug-likeness (QED) is 0.906. The van der Waals surface area contributed by atoms with Crippen LogP contribution in [0.1, 0.15) is 51.3 Å². The van der Waals surface area contributed by atoms with Crippen LogP contribution in [0.5, 0.6) is 5.75 Å². The number of rotatable bonds is 2. The number of aromatic nitrogens is 3. The monoisotopic (exact) mass is 273 g/mol. The summed E-state index contributed by atoms with van der Waals surface area (Å²) >= 11 is 0. The van der Waals surface area contributed by atoms with E-state index in [4.69, 9.17) is 4.52 Å². The van der Waals surface area contributed by atoms with E-state index in [9.17, 15) is 5.11 Å². The molecule has 2 aromatic heterocycles. The standard InChI is InChI=1S/C15H19N3O2/c1-15(2)6-3-10(4-7-15)13-17-14(20-18-13)11-5-8-16-9-12(11)19/h5,8-10,19H,3-4,6-7H2,1-2H3. The minimum Gasteiger partial charge on any atom is -0.505 e. The van der Waals surface area contributed by atoms with Gasteiger partial charge in [-0.2, -0.15) is 4.98 Å². The van der Waals surface area contributed by atoms with E-state index in [0.29, 0.717) is 22.8 Å². The maximum atomic E-state index is 9.76. The third kappa shape index (κ3) is 2.53. The fraction of sp³-hybridized carbons (Fsp3) is 0.533. The summed E-state index contributed by atoms with van der Waals surface area (Å²) in [6.45, 7) is 4.61. The van der Waals surface area contributed by atoms with Crippen LogP contribution in [0.15, 0.2) is 23.0 Å². The largest absolute Gasteiger partial charge is 0.505 e. The predicted molar refractivity (Wildman–Crippen MR) is 74.2 cm³/mol. The second-order valence-electron chi connectivity index (χ2n) is 6.29. The first kappa shape index (κ1) is 13.1. The van der Waals surface area contributed by atoms with Gasteiger partial charge in [0.05, 0.1) is 11.8 Å². The Morgan fingerprint density at radius 3 is 2.75 bits per heavy atom. The number of hydrogen-bond acceptors (Lipinski definition) is 5. The van der Waals surface area contributed by atoms with Gasteiger partial charge >= 0.3 is 0 Å². The maximum absolute atomic E-state index is 9.76. The van der Waals surface area contributed by atoms with Crippen molar-refractivity contribution < 1.29 is 9.63 Å². The normalized spacial score (nSPS) is 19.1. The molecule has 0 unspecified atom stereocenters. The van der Waals surface area contributed by atoms with Crippen molar-refractivity contribution in [2.45, 2.75) is 45.4 Å². The molecule has 0 amide bonds. The highest BCUT2D eigenvalue weighted by molar-refractivity contribution is 5.60. The van der Waals surface area contributed by atoms with Crippen molar-refractivity contribution in [2.75, 3.05) is 0 Å². The molecular formula is C15H19N3O2. The van der Waals surface area contributed by atoms with Crippen LogP contribution in [0.2, 0.25) is 0 Å². The number of hydrogen-bond donors (Lipinski definition) is 1. The summed E-state index contributed by atoms with van der Waals surface area (Å²) in [7, 11) is 0. The molecule has 0 bridgehead atoms. The third-order valence-corrected chi connectivity index (χ3v) is 4.18. The number of pyridine rings is 1. The molecule has 0 aliphatic heterocycles. The van der Waals surface area contributed by atoms with Gasteiger partial charge in [-0.15, -0.1) is 0 Å². The van der Waals surface area contributed by atoms with Crippen molar-refractivity contribution in [1.82, 2.24) is 15.1 Å². The van der Waals surface area contributed by atoms with E-state index >= 15 is 0 Å². The average molecular weight is 273 g/mol. The van der Waals surface area contributed by atoms with Crippen LogP contribution in [0.3, 0.4) is 0 Å². The van der Waals surface area contributed by atoms with Crippen molar-refractivity contribution in [2.24, 2.45) is 5.41 Å². The molecule has 1 N–H and O–H groups in total. The lowest BCUT2D eigenvalue weighted by atomic mass is 9.73. The van der Waals surface area contributed by atoms with Crippen molar-refractivity contribution >= 4 is 0 Å². The maximum Gasteiger partial charge on any atom is 0.261 e. The molecule has 2 heterocycles. The lowest BCUT2D eigenvalue weighted by molar-refractivity contribution is 0.218. The minimum absolute atomic E-state index is 0.0625. The van der Waals surface area contributed by atoms with Crippen LogP contribution in [0.4, 0.5) is 0 Å². The van der Waals surface area contributed by atoms with E-state index in [1.165, 1.54) is 19.0 Å². The zero-order valence-corrected chi connectivity index (χ0v) is 11.8. The summed E-state index contributed by atoms with van der Waals surface area (Å²) in [5.74, 6) is 1.55. The molecule has 5 nitrogen and oxygen atoms in total. The topological polar surface area (TPSA) is 72.0 Å². The van der Waals surface area contributed by atoms with Crippen molar-refractivity contribution in [3.63, 3.8) is 0 Å². The predicted octanol–water partition coefficient (Wildman–Crippen LogP) is 3.52. The Balaban J connectivity index is 1.80. The summed E-state index contributed by atoms with van der Waals surface area (Å²) < 4.78 is 5.29. The Morgan fingerprint density at radius 1 is 1.30 bits per heavy atom. The highest BCUT2D eigenvalue weighted by Crippen LogP contribution is 2.42. The van der Waals surface area contributed by atoms with E-state index < -0.39 is 0 Å². The molecule has 1 aliphatic rings. The van der Waals surface area contributed by atoms with Gasteiger partial charge < -0.3 is 9.63 Å². The van der Waals surface area contributed by atoms with E-state index in [1.807, 2.05) is 0 Å². The zero-order valence-electron chi connectivity index (χ0n) is 11.8. The zero-order chi connectivity index (χ0) is 14.2. The van der Waals surface area contributed by atoms with Gasteiger partial charge in [-0.05, 0) is 37.2 Å². The first-order valence-electron chi connectivity index (χ1n) is 7.02. The lowest BCUT2D eigenvalue weighted by Crippen LogP contribution is -2.20. The second-order valence-corrected chi connectivity index (χ2v) is 6.29. The molecule has 0 atom stereocenters. The fourth-order valence-electron chi connectivity index (χ4n) is 2.73. The molecule has 1 saturated carbocycles. The molecule has 0 radical (unpaired) electrons. The van der Waals surface area contributed by atoms with E-state index in [0.717, 1.165) is 18.7 Å². The minimum atomic E-state index is 0.0625. The molecular weight excluding hydrogens is 254 g/mol. The van der Waals surface area contributed by atoms with Crippen LogP contribution in [0, 0.1) is 5.41 Å². The van der Waals surface area contributed by atoms with Gasteiger partial charge in [0, 0.05) is 12.1 Å². The lowest BCUT2D eigenvalue weighted by Gasteiger charge is -2.32. The Kier molecular flexibility index (Phi) is 3.20. The summed E-state index contributed by atoms with van der Waals surface area (Å²) in [4.78, 5) is 8.29. The summed E-state index contributed by atoms with van der Waals surface area (Å²) in [5.41, 5.74) is 0.960. The molecule has 1 aliphatic carbocycles. The van der Waals surface area contributed by atoms with Gasteiger partial charge in [0.2, 0.25) is 0 Å². The van der Waals surface area contributed by atoms with Gasteiger partial charge in [-0.1, -0.05) is 19.0 Å². The van der Waals surface area contributed by atoms with Gasteiger partial charge in [0.1, 0.15) is 5.75 Å². The number of aromatic hydroxyl groups is 1. The van der Waals surface area contributed by atoms with Gasteiger partial charge in [0.25, 0.3) is 5.89 Å². The SMILES string of the molecule is CC1(C)CCC(c2noc(-c3ccncc3O)n2)CC1. The Hall–Kier alpha value is -1.91. The molecule has 20 heavy (non-hydrogen) atoms. The Bertz CT molecular complexity index is 597. The van der Waals surface area contributed by atoms with E-state index in [-0.39, 0.29) is 5.75 Å². The van der Waals surface area contributed by atoms with Crippen LogP contribution in [-0.4, -0.2) is 20.2 Å². The summed E-state index contributed by atoms with van der Waals surface area (Å²) in [5, 5.41) is 13.8. The van der Waals surface area contributed by atoms with Gasteiger partial charge in [-0.25, -0.2) is 0 Å². The Morgan fingerprint density at radius 2 is 2.05 bits per heavy atom. The van der Waals surface area contributed by atoms with E-state index in [2.05, 4.69) is 29.0 Å². The molecule has 3 rings (SSSR count). The van der Waals surface area contributed by atoms with Crippen LogP contribution in [-0.2, 0) is 0 Å². The Labute approximate surface area is 118 Å². The molecule has 0 aromatic carbocycles. The summed E-state index contributed by atoms with van der Waals surface area (Å²) in [6.07, 6.45) is 7.52. The fourth-order valence-corrected chi connectivity index (χ4v) is 2.73. The molecule has 5 heteroatoms. The highest BCUT2D eigenvalue weighted by Gasteiger charge is 2.30. The van der Waals surface area contributed by atoms with Gasteiger partial charge in [0.15, 0.2) is 5.82 Å². The van der Waals surface area contributed by atoms with Crippen LogP contribution >= 0.6 is 0 Å². The van der Waals surface area contributed by atoms with Gasteiger partial charge in [-0.3, -0.25) is 4.98 Å². The average Bonchev–Trinajstić information content (AvgIpc) is 2.88. The smallest absolute Gasteiger partial charge is 0.261 e. The first-order valence-corrected chi connectivity index (χ1v) is 7.02. The highest BCUT2D eigenvalue weighted by atomic mass is 16.5. The number of nitrogens with zero attached hydrogens (tertiary/aromatic N) is 3. The van der Waals surface area contributed by atoms with Crippen LogP contribution in [0.25, 0.3) is 11.5 Å². The third-order valence-electron chi connectivity index (χ3n) is 4.18. The summed E-state index contributed by atoms with van der Waals surface area (Å²) in [6, 6.07) is 1.68. The van der Waals surface area contributed by atoms with Crippen molar-refractivity contribution in [1.29, 1.82) is 0 Å². The van der Waals surface area contributed by atoms with Crippen molar-refractivity contribution in [3.8, 4) is 17.2 Å². The molecule has 1 fully saturated rings. The van der Waals surface area contributed by atoms with E-state index in [1.54, 1.807) is 12.3 Å². The van der Waals surface area contributed by atoms with Crippen molar-refractivity contribution in [3.05, 3.63) is 24.3 Å². The first-order chi connectivity index (χ1) is 9.55. The second kappa shape index (κ2) is 4.89. The van der Waals surface area contributed by atoms with Crippen LogP contribution < -0.4 is 0 Å². The molecule has 0 saturated heterocycles. The molecule has 106 valence electrons. The molecule has 0 spiro atoms.